The second kappa shape index (κ2) is 6.81. The molecule has 1 amide bonds. The number of hydrogen-bond donors (Lipinski definition) is 1. The fourth-order valence-electron chi connectivity index (χ4n) is 2.15. The lowest BCUT2D eigenvalue weighted by Gasteiger charge is -2.32. The zero-order valence-electron chi connectivity index (χ0n) is 11.4. The van der Waals surface area contributed by atoms with E-state index in [0.29, 0.717) is 19.1 Å². The zero-order valence-corrected chi connectivity index (χ0v) is 12.2. The number of carbonyl (C=O) groups excluding carboxylic acids is 1. The maximum absolute atomic E-state index is 11.8. The second-order valence-corrected chi connectivity index (χ2v) is 5.44. The number of nitrogens with one attached hydrogen (secondary N) is 1. The smallest absolute Gasteiger partial charge is 0.224 e. The molecule has 0 radical (unpaired) electrons. The van der Waals surface area contributed by atoms with E-state index in [9.17, 15) is 4.79 Å². The number of aromatic nitrogens is 2. The molecule has 7 heteroatoms. The van der Waals surface area contributed by atoms with E-state index in [4.69, 9.17) is 4.74 Å². The van der Waals surface area contributed by atoms with Crippen LogP contribution in [0.2, 0.25) is 0 Å². The van der Waals surface area contributed by atoms with Gasteiger partial charge in [0.1, 0.15) is 5.82 Å². The van der Waals surface area contributed by atoms with Crippen molar-refractivity contribution in [3.05, 3.63) is 5.82 Å². The van der Waals surface area contributed by atoms with Gasteiger partial charge in [-0.2, -0.15) is 4.37 Å². The van der Waals surface area contributed by atoms with Gasteiger partial charge >= 0.3 is 0 Å². The summed E-state index contributed by atoms with van der Waals surface area (Å²) in [7, 11) is 1.62. The first-order chi connectivity index (χ1) is 9.19. The Kier molecular flexibility index (Phi) is 5.09. The molecule has 2 rings (SSSR count). The van der Waals surface area contributed by atoms with E-state index >= 15 is 0 Å². The lowest BCUT2D eigenvalue weighted by atomic mass is 10.1. The van der Waals surface area contributed by atoms with Crippen LogP contribution in [0.3, 0.4) is 0 Å². The van der Waals surface area contributed by atoms with Crippen molar-refractivity contribution < 1.29 is 9.53 Å². The summed E-state index contributed by atoms with van der Waals surface area (Å²) in [5, 5.41) is 4.26. The highest BCUT2D eigenvalue weighted by Crippen LogP contribution is 2.18. The molecule has 6 nitrogen and oxygen atoms in total. The molecular formula is C12H20N4O2S. The maximum Gasteiger partial charge on any atom is 0.224 e. The zero-order chi connectivity index (χ0) is 13.7. The molecule has 1 aliphatic rings. The summed E-state index contributed by atoms with van der Waals surface area (Å²) in [6, 6.07) is 0.388. The molecule has 1 fully saturated rings. The summed E-state index contributed by atoms with van der Waals surface area (Å²) < 4.78 is 9.08. The highest BCUT2D eigenvalue weighted by Gasteiger charge is 2.22. The van der Waals surface area contributed by atoms with E-state index in [1.807, 2.05) is 11.8 Å². The van der Waals surface area contributed by atoms with Crippen molar-refractivity contribution >= 4 is 22.6 Å². The highest BCUT2D eigenvalue weighted by atomic mass is 32.1. The molecule has 0 spiro atoms. The van der Waals surface area contributed by atoms with Crippen LogP contribution in [-0.2, 0) is 9.53 Å². The van der Waals surface area contributed by atoms with Crippen LogP contribution >= 0.6 is 11.5 Å². The molecule has 0 saturated carbocycles. The Hall–Kier alpha value is -1.21. The molecule has 106 valence electrons. The normalized spacial score (nSPS) is 16.6. The third-order valence-electron chi connectivity index (χ3n) is 3.22. The standard InChI is InChI=1S/C12H20N4O2S/c1-9-13-12(19-15-9)14-10-3-6-16(7-4-10)11(17)5-8-18-2/h10H,3-8H2,1-2H3,(H,13,14,15). The van der Waals surface area contributed by atoms with Crippen LogP contribution in [0.4, 0.5) is 5.13 Å². The molecule has 0 aliphatic carbocycles. The fourth-order valence-corrected chi connectivity index (χ4v) is 2.80. The predicted molar refractivity (Wildman–Crippen MR) is 74.4 cm³/mol. The van der Waals surface area contributed by atoms with Gasteiger partial charge in [-0.3, -0.25) is 4.79 Å². The first kappa shape index (κ1) is 14.2. The van der Waals surface area contributed by atoms with E-state index in [2.05, 4.69) is 14.7 Å². The Bertz CT molecular complexity index is 416. The average Bonchev–Trinajstić information content (AvgIpc) is 2.82. The SMILES string of the molecule is COCCC(=O)N1CCC(Nc2nc(C)ns2)CC1. The van der Waals surface area contributed by atoms with Gasteiger partial charge < -0.3 is 15.0 Å². The molecule has 1 aromatic heterocycles. The largest absolute Gasteiger partial charge is 0.384 e. The van der Waals surface area contributed by atoms with Gasteiger partial charge in [0.25, 0.3) is 0 Å². The maximum atomic E-state index is 11.8. The number of rotatable bonds is 5. The molecule has 19 heavy (non-hydrogen) atoms. The van der Waals surface area contributed by atoms with Crippen molar-refractivity contribution in [1.82, 2.24) is 14.3 Å². The first-order valence-corrected chi connectivity index (χ1v) is 7.30. The Morgan fingerprint density at radius 3 is 2.84 bits per heavy atom. The lowest BCUT2D eigenvalue weighted by Crippen LogP contribution is -2.42. The monoisotopic (exact) mass is 284 g/mol. The summed E-state index contributed by atoms with van der Waals surface area (Å²) in [6.07, 6.45) is 2.39. The number of methoxy groups -OCH3 is 1. The summed E-state index contributed by atoms with van der Waals surface area (Å²) in [6.45, 7) is 4.00. The van der Waals surface area contributed by atoms with Gasteiger partial charge in [-0.25, -0.2) is 4.98 Å². The number of ether oxygens (including phenoxy) is 1. The molecule has 1 saturated heterocycles. The molecule has 1 aliphatic heterocycles. The fraction of sp³-hybridized carbons (Fsp3) is 0.750. The topological polar surface area (TPSA) is 67.3 Å². The third-order valence-corrected chi connectivity index (χ3v) is 3.96. The van der Waals surface area contributed by atoms with Gasteiger partial charge in [0.05, 0.1) is 13.0 Å². The van der Waals surface area contributed by atoms with Crippen molar-refractivity contribution in [2.75, 3.05) is 32.1 Å². The summed E-state index contributed by atoms with van der Waals surface area (Å²) in [4.78, 5) is 18.0. The molecule has 0 aromatic carbocycles. The van der Waals surface area contributed by atoms with Crippen LogP contribution in [-0.4, -0.2) is 53.0 Å². The van der Waals surface area contributed by atoms with Gasteiger partial charge in [0, 0.05) is 37.8 Å². The van der Waals surface area contributed by atoms with E-state index in [1.54, 1.807) is 7.11 Å². The van der Waals surface area contributed by atoms with Gasteiger partial charge in [-0.05, 0) is 19.8 Å². The number of aryl methyl sites for hydroxylation is 1. The average molecular weight is 284 g/mol. The number of nitrogens with zero attached hydrogens (tertiary/aromatic N) is 3. The number of carbonyl (C=O) groups is 1. The first-order valence-electron chi connectivity index (χ1n) is 6.52. The summed E-state index contributed by atoms with van der Waals surface area (Å²) >= 11 is 1.39. The van der Waals surface area contributed by atoms with Crippen LogP contribution in [0.25, 0.3) is 0 Å². The van der Waals surface area contributed by atoms with Gasteiger partial charge in [0.2, 0.25) is 11.0 Å². The van der Waals surface area contributed by atoms with Gasteiger partial charge in [-0.1, -0.05) is 0 Å². The van der Waals surface area contributed by atoms with E-state index in [-0.39, 0.29) is 5.91 Å². The van der Waals surface area contributed by atoms with Gasteiger partial charge in [0.15, 0.2) is 0 Å². The second-order valence-electron chi connectivity index (χ2n) is 4.69. The van der Waals surface area contributed by atoms with Crippen molar-refractivity contribution in [3.63, 3.8) is 0 Å². The van der Waals surface area contributed by atoms with Crippen LogP contribution in [0.1, 0.15) is 25.1 Å². The Morgan fingerprint density at radius 1 is 1.53 bits per heavy atom. The van der Waals surface area contributed by atoms with Crippen molar-refractivity contribution in [3.8, 4) is 0 Å². The van der Waals surface area contributed by atoms with Crippen LogP contribution < -0.4 is 5.32 Å². The minimum absolute atomic E-state index is 0.187. The predicted octanol–water partition coefficient (Wildman–Crippen LogP) is 1.29. The minimum Gasteiger partial charge on any atom is -0.384 e. The third kappa shape index (κ3) is 4.14. The lowest BCUT2D eigenvalue weighted by molar-refractivity contribution is -0.133. The summed E-state index contributed by atoms with van der Waals surface area (Å²) in [5.74, 6) is 0.992. The minimum atomic E-state index is 0.187. The molecule has 0 bridgehead atoms. The van der Waals surface area contributed by atoms with E-state index < -0.39 is 0 Å². The van der Waals surface area contributed by atoms with Crippen LogP contribution in [0.15, 0.2) is 0 Å². The molecule has 0 atom stereocenters. The Balaban J connectivity index is 1.74. The number of anilines is 1. The van der Waals surface area contributed by atoms with E-state index in [1.165, 1.54) is 11.5 Å². The molecule has 1 aromatic rings. The quantitative estimate of drug-likeness (QED) is 0.882. The number of hydrogen-bond acceptors (Lipinski definition) is 6. The molecule has 1 N–H and O–H groups in total. The summed E-state index contributed by atoms with van der Waals surface area (Å²) in [5.41, 5.74) is 0. The Morgan fingerprint density at radius 2 is 2.26 bits per heavy atom. The van der Waals surface area contributed by atoms with Crippen molar-refractivity contribution in [2.24, 2.45) is 0 Å². The van der Waals surface area contributed by atoms with Gasteiger partial charge in [-0.15, -0.1) is 0 Å². The van der Waals surface area contributed by atoms with Crippen LogP contribution in [0, 0.1) is 6.92 Å². The highest BCUT2D eigenvalue weighted by molar-refractivity contribution is 7.09. The Labute approximate surface area is 117 Å². The molecular weight excluding hydrogens is 264 g/mol. The van der Waals surface area contributed by atoms with Crippen molar-refractivity contribution in [1.29, 1.82) is 0 Å². The number of likely N-dealkylation sites (tertiary alicyclic amines) is 1. The van der Waals surface area contributed by atoms with Crippen molar-refractivity contribution in [2.45, 2.75) is 32.2 Å². The molecule has 2 heterocycles. The number of amides is 1. The van der Waals surface area contributed by atoms with E-state index in [0.717, 1.165) is 36.9 Å². The number of piperidine rings is 1. The molecule has 0 unspecified atom stereocenters. The van der Waals surface area contributed by atoms with Crippen LogP contribution in [0.5, 0.6) is 0 Å².